The van der Waals surface area contributed by atoms with Crippen LogP contribution in [0.5, 0.6) is 0 Å². The number of nitrogens with zero attached hydrogens (tertiary/aromatic N) is 2. The molecule has 0 N–H and O–H groups in total. The van der Waals surface area contributed by atoms with Gasteiger partial charge in [0.2, 0.25) is 5.91 Å². The van der Waals surface area contributed by atoms with Crippen molar-refractivity contribution in [3.8, 4) is 0 Å². The van der Waals surface area contributed by atoms with Crippen LogP contribution in [0, 0.1) is 11.8 Å². The Kier molecular flexibility index (Phi) is 6.38. The molecule has 4 rings (SSSR count). The van der Waals surface area contributed by atoms with Crippen molar-refractivity contribution in [3.05, 3.63) is 60.7 Å². The molecule has 0 spiro atoms. The van der Waals surface area contributed by atoms with E-state index in [2.05, 4.69) is 44.0 Å². The van der Waals surface area contributed by atoms with Crippen molar-refractivity contribution < 1.29 is 4.79 Å². The molecule has 0 saturated carbocycles. The van der Waals surface area contributed by atoms with Gasteiger partial charge in [-0.2, -0.15) is 0 Å². The van der Waals surface area contributed by atoms with Gasteiger partial charge in [0.25, 0.3) is 0 Å². The number of hydrogen-bond acceptors (Lipinski definition) is 2. The predicted molar refractivity (Wildman–Crippen MR) is 124 cm³/mol. The number of piperidine rings is 1. The minimum absolute atomic E-state index is 0.0567. The van der Waals surface area contributed by atoms with E-state index in [1.54, 1.807) is 0 Å². The molecule has 6 heteroatoms. The third-order valence-electron chi connectivity index (χ3n) is 6.23. The highest BCUT2D eigenvalue weighted by Crippen LogP contribution is 2.46. The Morgan fingerprint density at radius 3 is 2.52 bits per heavy atom. The lowest BCUT2D eigenvalue weighted by atomic mass is 9.76. The van der Waals surface area contributed by atoms with Gasteiger partial charge in [0.1, 0.15) is 0 Å². The molecule has 2 aromatic rings. The minimum atomic E-state index is 0.0567. The fourth-order valence-electron chi connectivity index (χ4n) is 4.85. The van der Waals surface area contributed by atoms with Crippen molar-refractivity contribution >= 4 is 49.4 Å². The average Bonchev–Trinajstić information content (AvgIpc) is 2.84. The lowest BCUT2D eigenvalue weighted by Gasteiger charge is -2.37. The quantitative estimate of drug-likeness (QED) is 0.443. The van der Waals surface area contributed by atoms with Gasteiger partial charge in [-0.25, -0.2) is 0 Å². The maximum atomic E-state index is 12.4. The van der Waals surface area contributed by atoms with E-state index in [0.717, 1.165) is 52.7 Å². The highest BCUT2D eigenvalue weighted by Gasteiger charge is 2.36. The number of aryl methyl sites for hydroxylation is 2. The van der Waals surface area contributed by atoms with Gasteiger partial charge in [-0.3, -0.25) is 9.78 Å². The summed E-state index contributed by atoms with van der Waals surface area (Å²) in [7, 11) is 0. The van der Waals surface area contributed by atoms with Crippen molar-refractivity contribution in [1.29, 1.82) is 0 Å². The Bertz CT molecular complexity index is 939. The Balaban J connectivity index is 1.73. The molecular formula is C23H25Br2ClN2O. The van der Waals surface area contributed by atoms with Gasteiger partial charge in [0.15, 0.2) is 0 Å². The summed E-state index contributed by atoms with van der Waals surface area (Å²) in [5.74, 6) is 0.993. The van der Waals surface area contributed by atoms with Crippen LogP contribution in [-0.2, 0) is 17.6 Å². The van der Waals surface area contributed by atoms with E-state index in [4.69, 9.17) is 16.6 Å². The molecule has 1 fully saturated rings. The highest BCUT2D eigenvalue weighted by molar-refractivity contribution is 9.10. The Hall–Kier alpha value is -0.910. The van der Waals surface area contributed by atoms with Crippen LogP contribution in [0.3, 0.4) is 0 Å². The first-order valence-electron chi connectivity index (χ1n) is 10.3. The van der Waals surface area contributed by atoms with Crippen molar-refractivity contribution in [2.24, 2.45) is 11.8 Å². The molecule has 2 heterocycles. The van der Waals surface area contributed by atoms with Crippen LogP contribution in [0.15, 0.2) is 33.3 Å². The van der Waals surface area contributed by atoms with Gasteiger partial charge in [0.05, 0.1) is 5.69 Å². The number of carbonyl (C=O) groups is 1. The van der Waals surface area contributed by atoms with Crippen LogP contribution in [0.25, 0.3) is 0 Å². The Labute approximate surface area is 194 Å². The zero-order chi connectivity index (χ0) is 20.7. The van der Waals surface area contributed by atoms with Crippen molar-refractivity contribution in [1.82, 2.24) is 9.88 Å². The number of aromatic nitrogens is 1. The monoisotopic (exact) mass is 538 g/mol. The van der Waals surface area contributed by atoms with Gasteiger partial charge >= 0.3 is 0 Å². The molecule has 2 aliphatic rings. The molecule has 3 nitrogen and oxygen atoms in total. The van der Waals surface area contributed by atoms with E-state index in [1.165, 1.54) is 22.4 Å². The summed E-state index contributed by atoms with van der Waals surface area (Å²) in [4.78, 5) is 19.4. The molecule has 154 valence electrons. The number of pyridine rings is 1. The summed E-state index contributed by atoms with van der Waals surface area (Å²) in [6.45, 7) is 5.61. The van der Waals surface area contributed by atoms with Crippen LogP contribution in [0.1, 0.15) is 55.0 Å². The summed E-state index contributed by atoms with van der Waals surface area (Å²) >= 11 is 13.8. The second-order valence-corrected chi connectivity index (χ2v) is 10.7. The summed E-state index contributed by atoms with van der Waals surface area (Å²) in [6, 6.07) is 6.34. The van der Waals surface area contributed by atoms with E-state index >= 15 is 0 Å². The third-order valence-corrected chi connectivity index (χ3v) is 7.54. The molecule has 1 aromatic carbocycles. The lowest BCUT2D eigenvalue weighted by Crippen LogP contribution is -2.42. The van der Waals surface area contributed by atoms with E-state index in [0.29, 0.717) is 5.92 Å². The summed E-state index contributed by atoms with van der Waals surface area (Å²) < 4.78 is 2.10. The zero-order valence-electron chi connectivity index (χ0n) is 16.7. The van der Waals surface area contributed by atoms with E-state index in [9.17, 15) is 4.79 Å². The van der Waals surface area contributed by atoms with Crippen LogP contribution in [-0.4, -0.2) is 28.9 Å². The fraction of sp³-hybridized carbons (Fsp3) is 0.478. The second kappa shape index (κ2) is 8.68. The van der Waals surface area contributed by atoms with Crippen LogP contribution < -0.4 is 0 Å². The normalized spacial score (nSPS) is 19.7. The predicted octanol–water partition coefficient (Wildman–Crippen LogP) is 6.39. The topological polar surface area (TPSA) is 33.2 Å². The lowest BCUT2D eigenvalue weighted by molar-refractivity contribution is -0.135. The maximum absolute atomic E-state index is 12.4. The molecule has 1 amide bonds. The molecule has 1 aromatic heterocycles. The van der Waals surface area contributed by atoms with Gasteiger partial charge in [-0.1, -0.05) is 41.4 Å². The Morgan fingerprint density at radius 2 is 1.83 bits per heavy atom. The van der Waals surface area contributed by atoms with E-state index in [1.807, 2.05) is 31.0 Å². The smallest absolute Gasteiger partial charge is 0.225 e. The Morgan fingerprint density at radius 1 is 1.14 bits per heavy atom. The first-order valence-corrected chi connectivity index (χ1v) is 12.2. The van der Waals surface area contributed by atoms with E-state index in [-0.39, 0.29) is 17.7 Å². The first kappa shape index (κ1) is 21.3. The average molecular weight is 541 g/mol. The SMILES string of the molecule is CC(C)C(=O)N1CCC(C2c3ncc(Br)cc3CCc3cc(Cl)cc(Br)c32)CC1. The molecule has 0 bridgehead atoms. The standard InChI is InChI=1S/C23H25Br2ClN2O/c1-13(2)23(29)28-7-5-14(6-8-28)21-20-15(10-18(26)11-19(20)25)3-4-16-9-17(24)12-27-22(16)21/h9-14,21H,3-8H2,1-2H3. The van der Waals surface area contributed by atoms with Gasteiger partial charge in [-0.05, 0) is 82.4 Å². The second-order valence-electron chi connectivity index (χ2n) is 8.45. The summed E-state index contributed by atoms with van der Waals surface area (Å²) in [5.41, 5.74) is 5.13. The molecule has 29 heavy (non-hydrogen) atoms. The van der Waals surface area contributed by atoms with Gasteiger partial charge < -0.3 is 4.90 Å². The minimum Gasteiger partial charge on any atom is -0.342 e. The largest absolute Gasteiger partial charge is 0.342 e. The van der Waals surface area contributed by atoms with Crippen molar-refractivity contribution in [2.45, 2.75) is 45.4 Å². The van der Waals surface area contributed by atoms with Crippen molar-refractivity contribution in [3.63, 3.8) is 0 Å². The highest BCUT2D eigenvalue weighted by atomic mass is 79.9. The number of fused-ring (bicyclic) bond motifs is 2. The number of rotatable bonds is 2. The molecular weight excluding hydrogens is 516 g/mol. The molecule has 1 saturated heterocycles. The van der Waals surface area contributed by atoms with Crippen LogP contribution >= 0.6 is 43.5 Å². The third kappa shape index (κ3) is 4.28. The van der Waals surface area contributed by atoms with Crippen LogP contribution in [0.4, 0.5) is 0 Å². The molecule has 1 unspecified atom stereocenters. The number of benzene rings is 1. The number of likely N-dealkylation sites (tertiary alicyclic amines) is 1. The fourth-order valence-corrected chi connectivity index (χ4v) is 6.35. The summed E-state index contributed by atoms with van der Waals surface area (Å²) in [6.07, 6.45) is 5.82. The van der Waals surface area contributed by atoms with Gasteiger partial charge in [-0.15, -0.1) is 0 Å². The van der Waals surface area contributed by atoms with Crippen LogP contribution in [0.2, 0.25) is 5.02 Å². The van der Waals surface area contributed by atoms with E-state index < -0.39 is 0 Å². The molecule has 1 aliphatic carbocycles. The maximum Gasteiger partial charge on any atom is 0.225 e. The zero-order valence-corrected chi connectivity index (χ0v) is 20.6. The summed E-state index contributed by atoms with van der Waals surface area (Å²) in [5, 5.41) is 0.770. The first-order chi connectivity index (χ1) is 13.8. The number of carbonyl (C=O) groups excluding carboxylic acids is 1. The number of halogens is 3. The molecule has 0 radical (unpaired) electrons. The van der Waals surface area contributed by atoms with Gasteiger partial charge in [0, 0.05) is 45.1 Å². The molecule has 1 atom stereocenters. The number of amides is 1. The number of hydrogen-bond donors (Lipinski definition) is 0. The van der Waals surface area contributed by atoms with Crippen molar-refractivity contribution in [2.75, 3.05) is 13.1 Å². The molecule has 1 aliphatic heterocycles.